The monoisotopic (exact) mass is 390 g/mol. The number of benzene rings is 3. The maximum atomic E-state index is 12.3. The minimum atomic E-state index is -0.0720. The van der Waals surface area contributed by atoms with Crippen molar-refractivity contribution in [1.82, 2.24) is 4.90 Å². The summed E-state index contributed by atoms with van der Waals surface area (Å²) in [5.41, 5.74) is 3.96. The molecule has 3 rings (SSSR count). The molecule has 3 aromatic rings. The maximum Gasteiger partial charge on any atom is 0.285 e. The molecule has 0 saturated heterocycles. The molecule has 0 unspecified atom stereocenters. The summed E-state index contributed by atoms with van der Waals surface area (Å²) in [5.74, 6) is -0.0720. The third-order valence-corrected chi connectivity index (χ3v) is 5.18. The molecule has 5 heteroatoms. The largest absolute Gasteiger partial charge is 0.339 e. The van der Waals surface area contributed by atoms with E-state index < -0.39 is 0 Å². The zero-order chi connectivity index (χ0) is 19.9. The third-order valence-electron chi connectivity index (χ3n) is 4.13. The molecule has 0 saturated carbocycles. The van der Waals surface area contributed by atoms with Gasteiger partial charge in [0.1, 0.15) is 0 Å². The first-order valence-corrected chi connectivity index (χ1v) is 9.76. The Morgan fingerprint density at radius 2 is 1.43 bits per heavy atom. The fourth-order valence-electron chi connectivity index (χ4n) is 2.63. The molecule has 3 aromatic carbocycles. The Hall–Kier alpha value is -3.05. The van der Waals surface area contributed by atoms with Crippen LogP contribution in [0.15, 0.2) is 83.8 Å². The van der Waals surface area contributed by atoms with Gasteiger partial charge in [0.15, 0.2) is 0 Å². The van der Waals surface area contributed by atoms with Crippen LogP contribution in [-0.4, -0.2) is 30.1 Å². The fourth-order valence-corrected chi connectivity index (χ4v) is 3.29. The highest BCUT2D eigenvalue weighted by Gasteiger charge is 2.08. The predicted octanol–water partition coefficient (Wildman–Crippen LogP) is 5.31. The van der Waals surface area contributed by atoms with Crippen LogP contribution in [0.3, 0.4) is 0 Å². The quantitative estimate of drug-likeness (QED) is 0.601. The van der Waals surface area contributed by atoms with Crippen LogP contribution in [-0.2, 0) is 11.2 Å². The molecule has 0 aliphatic rings. The molecule has 0 aliphatic heterocycles. The van der Waals surface area contributed by atoms with Crippen molar-refractivity contribution in [2.45, 2.75) is 11.3 Å². The summed E-state index contributed by atoms with van der Waals surface area (Å²) in [6.07, 6.45) is 0.310. The Labute approximate surface area is 169 Å². The lowest BCUT2D eigenvalue weighted by Gasteiger charge is -2.10. The number of hydrogen-bond acceptors (Lipinski definition) is 3. The van der Waals surface area contributed by atoms with Crippen molar-refractivity contribution in [2.75, 3.05) is 19.4 Å². The van der Waals surface area contributed by atoms with E-state index in [1.807, 2.05) is 66.7 Å². The summed E-state index contributed by atoms with van der Waals surface area (Å²) < 4.78 is 0. The summed E-state index contributed by atoms with van der Waals surface area (Å²) >= 11 is 1.16. The normalized spacial score (nSPS) is 10.4. The van der Waals surface area contributed by atoms with Crippen LogP contribution in [0, 0.1) is 0 Å². The Morgan fingerprint density at radius 1 is 0.821 bits per heavy atom. The molecular weight excluding hydrogens is 368 g/mol. The Kier molecular flexibility index (Phi) is 6.50. The number of hydrogen-bond donors (Lipinski definition) is 1. The van der Waals surface area contributed by atoms with Gasteiger partial charge in [0, 0.05) is 24.7 Å². The zero-order valence-electron chi connectivity index (χ0n) is 15.9. The van der Waals surface area contributed by atoms with Gasteiger partial charge in [-0.15, -0.1) is 0 Å². The summed E-state index contributed by atoms with van der Waals surface area (Å²) in [6.45, 7) is 0. The molecule has 28 heavy (non-hydrogen) atoms. The zero-order valence-corrected chi connectivity index (χ0v) is 16.7. The van der Waals surface area contributed by atoms with E-state index in [0.717, 1.165) is 33.3 Å². The number of nitrogens with one attached hydrogen (secondary N) is 1. The van der Waals surface area contributed by atoms with Crippen LogP contribution in [0.2, 0.25) is 0 Å². The van der Waals surface area contributed by atoms with Gasteiger partial charge in [-0.3, -0.25) is 9.59 Å². The van der Waals surface area contributed by atoms with E-state index in [1.54, 1.807) is 14.1 Å². The van der Waals surface area contributed by atoms with Crippen LogP contribution >= 0.6 is 11.8 Å². The summed E-state index contributed by atoms with van der Waals surface area (Å²) in [7, 11) is 3.44. The lowest BCUT2D eigenvalue weighted by atomic mass is 10.0. The minimum absolute atomic E-state index is 0.0317. The van der Waals surface area contributed by atoms with Crippen molar-refractivity contribution in [3.05, 3.63) is 84.4 Å². The molecule has 0 atom stereocenters. The van der Waals surface area contributed by atoms with Gasteiger partial charge < -0.3 is 10.2 Å². The first-order valence-electron chi connectivity index (χ1n) is 8.95. The SMILES string of the molecule is CN(C)C(=O)Sc1ccc(NC(=O)Cc2ccc(-c3ccccc3)cc2)cc1. The van der Waals surface area contributed by atoms with E-state index in [9.17, 15) is 9.59 Å². The van der Waals surface area contributed by atoms with Crippen LogP contribution < -0.4 is 5.32 Å². The van der Waals surface area contributed by atoms with Crippen molar-refractivity contribution in [1.29, 1.82) is 0 Å². The standard InChI is InChI=1S/C23H22N2O2S/c1-25(2)23(27)28-21-14-12-20(13-15-21)24-22(26)16-17-8-10-19(11-9-17)18-6-4-3-5-7-18/h3-15H,16H2,1-2H3,(H,24,26). The van der Waals surface area contributed by atoms with Gasteiger partial charge in [-0.05, 0) is 52.7 Å². The van der Waals surface area contributed by atoms with Crippen molar-refractivity contribution in [2.24, 2.45) is 0 Å². The Morgan fingerprint density at radius 3 is 2.04 bits per heavy atom. The number of amides is 2. The van der Waals surface area contributed by atoms with E-state index in [-0.39, 0.29) is 11.1 Å². The molecule has 0 fully saturated rings. The molecule has 0 aromatic heterocycles. The third kappa shape index (κ3) is 5.47. The first kappa shape index (κ1) is 19.7. The lowest BCUT2D eigenvalue weighted by Crippen LogP contribution is -2.16. The molecule has 0 heterocycles. The van der Waals surface area contributed by atoms with Gasteiger partial charge in [0.05, 0.1) is 6.42 Å². The van der Waals surface area contributed by atoms with Gasteiger partial charge in [0.2, 0.25) is 5.91 Å². The van der Waals surface area contributed by atoms with Crippen molar-refractivity contribution in [3.8, 4) is 11.1 Å². The number of thioether (sulfide) groups is 1. The highest BCUT2D eigenvalue weighted by atomic mass is 32.2. The summed E-state index contributed by atoms with van der Waals surface area (Å²) in [6, 6.07) is 25.4. The van der Waals surface area contributed by atoms with Crippen LogP contribution in [0.25, 0.3) is 11.1 Å². The molecule has 2 amide bonds. The molecule has 142 valence electrons. The molecule has 4 nitrogen and oxygen atoms in total. The van der Waals surface area contributed by atoms with E-state index >= 15 is 0 Å². The van der Waals surface area contributed by atoms with Gasteiger partial charge in [-0.2, -0.15) is 0 Å². The van der Waals surface area contributed by atoms with Crippen molar-refractivity contribution >= 4 is 28.6 Å². The van der Waals surface area contributed by atoms with E-state index in [1.165, 1.54) is 4.90 Å². The van der Waals surface area contributed by atoms with Gasteiger partial charge in [-0.25, -0.2) is 0 Å². The molecule has 0 spiro atoms. The predicted molar refractivity (Wildman–Crippen MR) is 116 cm³/mol. The number of carbonyl (C=O) groups excluding carboxylic acids is 2. The lowest BCUT2D eigenvalue weighted by molar-refractivity contribution is -0.115. The van der Waals surface area contributed by atoms with Crippen LogP contribution in [0.5, 0.6) is 0 Å². The van der Waals surface area contributed by atoms with Crippen molar-refractivity contribution < 1.29 is 9.59 Å². The number of nitrogens with zero attached hydrogens (tertiary/aromatic N) is 1. The maximum absolute atomic E-state index is 12.3. The van der Waals surface area contributed by atoms with E-state index in [4.69, 9.17) is 0 Å². The Bertz CT molecular complexity index is 937. The average Bonchev–Trinajstić information content (AvgIpc) is 2.70. The number of anilines is 1. The van der Waals surface area contributed by atoms with Crippen LogP contribution in [0.4, 0.5) is 10.5 Å². The smallest absolute Gasteiger partial charge is 0.285 e. The topological polar surface area (TPSA) is 49.4 Å². The minimum Gasteiger partial charge on any atom is -0.339 e. The van der Waals surface area contributed by atoms with Gasteiger partial charge >= 0.3 is 0 Å². The average molecular weight is 391 g/mol. The molecule has 0 radical (unpaired) electrons. The second-order valence-corrected chi connectivity index (χ2v) is 7.60. The first-order chi connectivity index (χ1) is 13.5. The van der Waals surface area contributed by atoms with Gasteiger partial charge in [-0.1, -0.05) is 54.6 Å². The van der Waals surface area contributed by atoms with E-state index in [0.29, 0.717) is 12.1 Å². The highest BCUT2D eigenvalue weighted by Crippen LogP contribution is 2.23. The fraction of sp³-hybridized carbons (Fsp3) is 0.130. The number of rotatable bonds is 5. The molecule has 1 N–H and O–H groups in total. The second-order valence-electron chi connectivity index (χ2n) is 6.57. The number of carbonyl (C=O) groups is 2. The second kappa shape index (κ2) is 9.24. The van der Waals surface area contributed by atoms with Crippen LogP contribution in [0.1, 0.15) is 5.56 Å². The molecule has 0 bridgehead atoms. The van der Waals surface area contributed by atoms with Gasteiger partial charge in [0.25, 0.3) is 5.24 Å². The molecule has 0 aliphatic carbocycles. The summed E-state index contributed by atoms with van der Waals surface area (Å²) in [5, 5.41) is 2.86. The van der Waals surface area contributed by atoms with E-state index in [2.05, 4.69) is 17.4 Å². The van der Waals surface area contributed by atoms with Crippen molar-refractivity contribution in [3.63, 3.8) is 0 Å². The highest BCUT2D eigenvalue weighted by molar-refractivity contribution is 8.13. The summed E-state index contributed by atoms with van der Waals surface area (Å²) in [4.78, 5) is 26.4. The molecular formula is C23H22N2O2S. The Balaban J connectivity index is 1.56.